The summed E-state index contributed by atoms with van der Waals surface area (Å²) in [5, 5.41) is 0.730. The maximum atomic E-state index is 12.6. The molecule has 132 valence electrons. The average molecular weight is 351 g/mol. The van der Waals surface area contributed by atoms with Crippen molar-refractivity contribution in [2.45, 2.75) is 31.7 Å². The second kappa shape index (κ2) is 8.32. The molecule has 3 rings (SSSR count). The monoisotopic (exact) mass is 350 g/mol. The van der Waals surface area contributed by atoms with Gasteiger partial charge in [0.05, 0.1) is 13.0 Å². The van der Waals surface area contributed by atoms with Gasteiger partial charge in [0.2, 0.25) is 0 Å². The second-order valence-electron chi connectivity index (χ2n) is 6.88. The minimum absolute atomic E-state index is 0.0674. The Morgan fingerprint density at radius 1 is 1.08 bits per heavy atom. The van der Waals surface area contributed by atoms with Gasteiger partial charge in [-0.3, -0.25) is 9.69 Å². The summed E-state index contributed by atoms with van der Waals surface area (Å²) in [6.45, 7) is 5.03. The standard InChI is InChI=1S/C19H27ClN2O2/c1-24-19(23)17(14-21-10-2-3-11-21)18(22-12-4-5-13-22)15-6-8-16(20)9-7-15/h6-9,17-18H,2-5,10-14H2,1H3/t17-,18-/m1/s1. The molecule has 1 aromatic rings. The third-order valence-electron chi connectivity index (χ3n) is 5.28. The van der Waals surface area contributed by atoms with E-state index in [1.165, 1.54) is 32.8 Å². The zero-order chi connectivity index (χ0) is 16.9. The van der Waals surface area contributed by atoms with Crippen LogP contribution in [-0.2, 0) is 9.53 Å². The molecule has 2 heterocycles. The summed E-state index contributed by atoms with van der Waals surface area (Å²) < 4.78 is 5.19. The van der Waals surface area contributed by atoms with Gasteiger partial charge in [-0.25, -0.2) is 0 Å². The Morgan fingerprint density at radius 2 is 1.67 bits per heavy atom. The van der Waals surface area contributed by atoms with Gasteiger partial charge in [-0.05, 0) is 69.6 Å². The van der Waals surface area contributed by atoms with Crippen molar-refractivity contribution in [3.8, 4) is 0 Å². The smallest absolute Gasteiger partial charge is 0.311 e. The van der Waals surface area contributed by atoms with Crippen LogP contribution in [0, 0.1) is 5.92 Å². The Morgan fingerprint density at radius 3 is 2.25 bits per heavy atom. The van der Waals surface area contributed by atoms with Gasteiger partial charge >= 0.3 is 5.97 Å². The van der Waals surface area contributed by atoms with Crippen LogP contribution in [0.15, 0.2) is 24.3 Å². The summed E-state index contributed by atoms with van der Waals surface area (Å²) >= 11 is 6.07. The summed E-state index contributed by atoms with van der Waals surface area (Å²) in [6.07, 6.45) is 4.84. The van der Waals surface area contributed by atoms with Gasteiger partial charge in [0, 0.05) is 17.6 Å². The number of nitrogens with zero attached hydrogens (tertiary/aromatic N) is 2. The second-order valence-corrected chi connectivity index (χ2v) is 7.31. The summed E-state index contributed by atoms with van der Waals surface area (Å²) in [4.78, 5) is 17.5. The highest BCUT2D eigenvalue weighted by Crippen LogP contribution is 2.34. The molecule has 0 unspecified atom stereocenters. The zero-order valence-corrected chi connectivity index (χ0v) is 15.2. The molecule has 2 atom stereocenters. The van der Waals surface area contributed by atoms with Crippen LogP contribution >= 0.6 is 11.6 Å². The predicted molar refractivity (Wildman–Crippen MR) is 96.2 cm³/mol. The van der Waals surface area contributed by atoms with E-state index in [-0.39, 0.29) is 17.9 Å². The number of carbonyl (C=O) groups is 1. The number of carbonyl (C=O) groups excluding carboxylic acids is 1. The third-order valence-corrected chi connectivity index (χ3v) is 5.54. The molecule has 1 aromatic carbocycles. The Bertz CT molecular complexity index is 537. The number of hydrogen-bond acceptors (Lipinski definition) is 4. The number of likely N-dealkylation sites (tertiary alicyclic amines) is 2. The van der Waals surface area contributed by atoms with E-state index in [1.807, 2.05) is 12.1 Å². The van der Waals surface area contributed by atoms with E-state index >= 15 is 0 Å². The Kier molecular flexibility index (Phi) is 6.14. The van der Waals surface area contributed by atoms with Gasteiger partial charge in [0.1, 0.15) is 0 Å². The normalized spacial score (nSPS) is 21.8. The van der Waals surface area contributed by atoms with Crippen molar-refractivity contribution < 1.29 is 9.53 Å². The van der Waals surface area contributed by atoms with Crippen molar-refractivity contribution in [1.29, 1.82) is 0 Å². The summed E-state index contributed by atoms with van der Waals surface area (Å²) in [6, 6.07) is 8.03. The minimum atomic E-state index is -0.160. The maximum absolute atomic E-state index is 12.6. The van der Waals surface area contributed by atoms with Crippen LogP contribution in [0.2, 0.25) is 5.02 Å². The molecule has 5 heteroatoms. The Hall–Kier alpha value is -1.10. The number of benzene rings is 1. The van der Waals surface area contributed by atoms with Crippen molar-refractivity contribution in [3.63, 3.8) is 0 Å². The molecular formula is C19H27ClN2O2. The van der Waals surface area contributed by atoms with E-state index in [9.17, 15) is 4.79 Å². The van der Waals surface area contributed by atoms with Crippen LogP contribution in [0.1, 0.15) is 37.3 Å². The number of esters is 1. The topological polar surface area (TPSA) is 32.8 Å². The van der Waals surface area contributed by atoms with Crippen molar-refractivity contribution in [3.05, 3.63) is 34.9 Å². The van der Waals surface area contributed by atoms with Gasteiger partial charge in [-0.1, -0.05) is 23.7 Å². The number of hydrogen-bond donors (Lipinski definition) is 0. The Labute approximate surface area is 149 Å². The highest BCUT2D eigenvalue weighted by Gasteiger charge is 2.37. The first-order valence-corrected chi connectivity index (χ1v) is 9.36. The van der Waals surface area contributed by atoms with E-state index in [2.05, 4.69) is 21.9 Å². The first-order valence-electron chi connectivity index (χ1n) is 8.99. The molecular weight excluding hydrogens is 324 g/mol. The van der Waals surface area contributed by atoms with Gasteiger partial charge < -0.3 is 9.64 Å². The molecule has 0 N–H and O–H groups in total. The third kappa shape index (κ3) is 4.11. The van der Waals surface area contributed by atoms with Crippen LogP contribution in [-0.4, -0.2) is 55.6 Å². The van der Waals surface area contributed by atoms with Crippen LogP contribution in [0.25, 0.3) is 0 Å². The van der Waals surface area contributed by atoms with Gasteiger partial charge in [0.25, 0.3) is 0 Å². The first-order chi connectivity index (χ1) is 11.7. The highest BCUT2D eigenvalue weighted by atomic mass is 35.5. The van der Waals surface area contributed by atoms with Crippen molar-refractivity contribution >= 4 is 17.6 Å². The summed E-state index contributed by atoms with van der Waals surface area (Å²) in [5.74, 6) is -0.263. The molecule has 4 nitrogen and oxygen atoms in total. The fourth-order valence-electron chi connectivity index (χ4n) is 4.08. The van der Waals surface area contributed by atoms with Gasteiger partial charge in [-0.2, -0.15) is 0 Å². The molecule has 0 radical (unpaired) electrons. The van der Waals surface area contributed by atoms with E-state index in [0.29, 0.717) is 0 Å². The minimum Gasteiger partial charge on any atom is -0.469 e. The molecule has 0 saturated carbocycles. The van der Waals surface area contributed by atoms with E-state index in [1.54, 1.807) is 0 Å². The summed E-state index contributed by atoms with van der Waals surface area (Å²) in [5.41, 5.74) is 1.16. The lowest BCUT2D eigenvalue weighted by molar-refractivity contribution is -0.148. The largest absolute Gasteiger partial charge is 0.469 e. The first kappa shape index (κ1) is 17.7. The van der Waals surface area contributed by atoms with Crippen molar-refractivity contribution in [2.75, 3.05) is 39.8 Å². The van der Waals surface area contributed by atoms with Gasteiger partial charge in [-0.15, -0.1) is 0 Å². The molecule has 0 aromatic heterocycles. The Balaban J connectivity index is 1.89. The van der Waals surface area contributed by atoms with Crippen molar-refractivity contribution in [2.24, 2.45) is 5.92 Å². The molecule has 0 aliphatic carbocycles. The van der Waals surface area contributed by atoms with E-state index in [4.69, 9.17) is 16.3 Å². The molecule has 2 saturated heterocycles. The molecule has 2 aliphatic rings. The molecule has 0 spiro atoms. The van der Waals surface area contributed by atoms with E-state index < -0.39 is 0 Å². The maximum Gasteiger partial charge on any atom is 0.311 e. The number of methoxy groups -OCH3 is 1. The lowest BCUT2D eigenvalue weighted by Gasteiger charge is -2.35. The quantitative estimate of drug-likeness (QED) is 0.736. The molecule has 2 fully saturated rings. The zero-order valence-electron chi connectivity index (χ0n) is 14.4. The lowest BCUT2D eigenvalue weighted by atomic mass is 9.91. The van der Waals surface area contributed by atoms with Crippen molar-refractivity contribution in [1.82, 2.24) is 9.80 Å². The van der Waals surface area contributed by atoms with Crippen LogP contribution < -0.4 is 0 Å². The molecule has 24 heavy (non-hydrogen) atoms. The number of ether oxygens (including phenoxy) is 1. The van der Waals surface area contributed by atoms with Crippen LogP contribution in [0.5, 0.6) is 0 Å². The fraction of sp³-hybridized carbons (Fsp3) is 0.632. The fourth-order valence-corrected chi connectivity index (χ4v) is 4.20. The van der Waals surface area contributed by atoms with Crippen LogP contribution in [0.4, 0.5) is 0 Å². The highest BCUT2D eigenvalue weighted by molar-refractivity contribution is 6.30. The predicted octanol–water partition coefficient (Wildman–Crippen LogP) is 3.36. The van der Waals surface area contributed by atoms with E-state index in [0.717, 1.165) is 43.3 Å². The number of rotatable bonds is 6. The lowest BCUT2D eigenvalue weighted by Crippen LogP contribution is -2.42. The SMILES string of the molecule is COC(=O)[C@H](CN1CCCC1)[C@@H](c1ccc(Cl)cc1)N1CCCC1. The molecule has 0 amide bonds. The summed E-state index contributed by atoms with van der Waals surface area (Å²) in [7, 11) is 1.50. The average Bonchev–Trinajstić information content (AvgIpc) is 3.29. The van der Waals surface area contributed by atoms with Crippen LogP contribution in [0.3, 0.4) is 0 Å². The molecule has 0 bridgehead atoms. The molecule has 2 aliphatic heterocycles. The van der Waals surface area contributed by atoms with Gasteiger partial charge in [0.15, 0.2) is 0 Å². The number of halogens is 1.